The van der Waals surface area contributed by atoms with Crippen LogP contribution in [0.3, 0.4) is 0 Å². The minimum absolute atomic E-state index is 0.166. The van der Waals surface area contributed by atoms with Gasteiger partial charge in [0.2, 0.25) is 5.91 Å². The van der Waals surface area contributed by atoms with Gasteiger partial charge in [0.25, 0.3) is 0 Å². The predicted octanol–water partition coefficient (Wildman–Crippen LogP) is 4.62. The summed E-state index contributed by atoms with van der Waals surface area (Å²) in [6.45, 7) is 4.26. The monoisotopic (exact) mass is 312 g/mol. The van der Waals surface area contributed by atoms with E-state index in [0.717, 1.165) is 12.8 Å². The Balaban J connectivity index is 2.49. The molecule has 0 aliphatic rings. The minimum atomic E-state index is -0.166. The Kier molecular flexibility index (Phi) is 7.98. The largest absolute Gasteiger partial charge is 0.491 e. The number of nitrogens with two attached hydrogens (primary N) is 1. The zero-order valence-corrected chi connectivity index (χ0v) is 13.6. The number of hydrogen-bond donors (Lipinski definition) is 2. The van der Waals surface area contributed by atoms with E-state index in [1.807, 2.05) is 0 Å². The molecule has 0 saturated carbocycles. The van der Waals surface area contributed by atoms with E-state index in [1.54, 1.807) is 12.1 Å². The molecule has 1 rings (SSSR count). The molecule has 0 fully saturated rings. The normalized spacial score (nSPS) is 10.4. The molecule has 0 aliphatic carbocycles. The van der Waals surface area contributed by atoms with Crippen LogP contribution in [0.15, 0.2) is 12.1 Å². The number of anilines is 2. The summed E-state index contributed by atoms with van der Waals surface area (Å²) in [5, 5.41) is 3.11. The Hall–Kier alpha value is -1.42. The van der Waals surface area contributed by atoms with Crippen LogP contribution in [0.5, 0.6) is 5.75 Å². The average Bonchev–Trinajstić information content (AvgIpc) is 2.42. The zero-order chi connectivity index (χ0) is 15.7. The van der Waals surface area contributed by atoms with Gasteiger partial charge in [0.1, 0.15) is 5.75 Å². The van der Waals surface area contributed by atoms with Crippen molar-refractivity contribution in [2.75, 3.05) is 17.7 Å². The number of halogens is 1. The van der Waals surface area contributed by atoms with Crippen molar-refractivity contribution in [2.45, 2.75) is 52.4 Å². The molecule has 118 valence electrons. The second-order valence-corrected chi connectivity index (χ2v) is 5.57. The fraction of sp³-hybridized carbons (Fsp3) is 0.562. The first-order valence-corrected chi connectivity index (χ1v) is 7.91. The summed E-state index contributed by atoms with van der Waals surface area (Å²) in [6, 6.07) is 3.28. The van der Waals surface area contributed by atoms with Crippen molar-refractivity contribution in [1.82, 2.24) is 0 Å². The van der Waals surface area contributed by atoms with Gasteiger partial charge in [-0.2, -0.15) is 0 Å². The quantitative estimate of drug-likeness (QED) is 0.516. The van der Waals surface area contributed by atoms with Gasteiger partial charge in [-0.1, -0.05) is 50.6 Å². The van der Waals surface area contributed by atoms with Gasteiger partial charge in [-0.3, -0.25) is 4.79 Å². The summed E-state index contributed by atoms with van der Waals surface area (Å²) >= 11 is 5.97. The molecular formula is C16H25ClN2O2. The third-order valence-electron chi connectivity index (χ3n) is 3.17. The number of unbranched alkanes of at least 4 members (excludes halogenated alkanes) is 5. The summed E-state index contributed by atoms with van der Waals surface area (Å²) in [5.41, 5.74) is 6.79. The number of amides is 1. The molecule has 0 atom stereocenters. The molecule has 3 N–H and O–H groups in total. The molecule has 0 heterocycles. The smallest absolute Gasteiger partial charge is 0.221 e. The van der Waals surface area contributed by atoms with Crippen molar-refractivity contribution < 1.29 is 9.53 Å². The van der Waals surface area contributed by atoms with Crippen molar-refractivity contribution in [1.29, 1.82) is 0 Å². The highest BCUT2D eigenvalue weighted by molar-refractivity contribution is 6.33. The van der Waals surface area contributed by atoms with E-state index in [-0.39, 0.29) is 5.91 Å². The van der Waals surface area contributed by atoms with E-state index in [4.69, 9.17) is 22.1 Å². The minimum Gasteiger partial charge on any atom is -0.491 e. The van der Waals surface area contributed by atoms with Crippen LogP contribution in [-0.2, 0) is 4.79 Å². The maximum atomic E-state index is 11.2. The first kappa shape index (κ1) is 17.6. The molecule has 0 aliphatic heterocycles. The Morgan fingerprint density at radius 2 is 1.90 bits per heavy atom. The van der Waals surface area contributed by atoms with E-state index >= 15 is 0 Å². The number of nitrogens with one attached hydrogen (secondary N) is 1. The Morgan fingerprint density at radius 1 is 1.24 bits per heavy atom. The van der Waals surface area contributed by atoms with Gasteiger partial charge >= 0.3 is 0 Å². The van der Waals surface area contributed by atoms with Crippen LogP contribution in [0, 0.1) is 0 Å². The molecule has 0 radical (unpaired) electrons. The molecule has 0 spiro atoms. The van der Waals surface area contributed by atoms with E-state index in [2.05, 4.69) is 12.2 Å². The predicted molar refractivity (Wildman–Crippen MR) is 89.0 cm³/mol. The molecule has 0 aromatic heterocycles. The Labute approximate surface area is 132 Å². The van der Waals surface area contributed by atoms with E-state index < -0.39 is 0 Å². The number of carbonyl (C=O) groups is 1. The summed E-state index contributed by atoms with van der Waals surface area (Å²) in [5.74, 6) is 0.404. The van der Waals surface area contributed by atoms with Crippen molar-refractivity contribution in [3.63, 3.8) is 0 Å². The standard InChI is InChI=1S/C16H25ClN2O2/c1-3-4-5-6-7-8-9-21-16-11-14(18)13(17)10-15(16)19-12(2)20/h10-11H,3-9,18H2,1-2H3,(H,19,20). The molecule has 0 unspecified atom stereocenters. The maximum Gasteiger partial charge on any atom is 0.221 e. The van der Waals surface area contributed by atoms with Crippen LogP contribution in [0.2, 0.25) is 5.02 Å². The van der Waals surface area contributed by atoms with Crippen molar-refractivity contribution in [3.8, 4) is 5.75 Å². The summed E-state index contributed by atoms with van der Waals surface area (Å²) in [6.07, 6.45) is 7.20. The molecule has 0 bridgehead atoms. The summed E-state index contributed by atoms with van der Waals surface area (Å²) < 4.78 is 5.73. The lowest BCUT2D eigenvalue weighted by Crippen LogP contribution is -2.09. The lowest BCUT2D eigenvalue weighted by atomic mass is 10.1. The van der Waals surface area contributed by atoms with E-state index in [0.29, 0.717) is 28.8 Å². The summed E-state index contributed by atoms with van der Waals surface area (Å²) in [4.78, 5) is 11.2. The van der Waals surface area contributed by atoms with Crippen LogP contribution in [0.25, 0.3) is 0 Å². The highest BCUT2D eigenvalue weighted by Gasteiger charge is 2.09. The van der Waals surface area contributed by atoms with Crippen LogP contribution in [-0.4, -0.2) is 12.5 Å². The fourth-order valence-corrected chi connectivity index (χ4v) is 2.20. The zero-order valence-electron chi connectivity index (χ0n) is 12.9. The molecule has 5 heteroatoms. The van der Waals surface area contributed by atoms with Gasteiger partial charge in [-0.05, 0) is 12.5 Å². The van der Waals surface area contributed by atoms with Gasteiger partial charge in [-0.25, -0.2) is 0 Å². The first-order valence-electron chi connectivity index (χ1n) is 7.54. The third kappa shape index (κ3) is 6.71. The number of ether oxygens (including phenoxy) is 1. The highest BCUT2D eigenvalue weighted by Crippen LogP contribution is 2.33. The molecule has 1 aromatic carbocycles. The summed E-state index contributed by atoms with van der Waals surface area (Å²) in [7, 11) is 0. The SMILES string of the molecule is CCCCCCCCOc1cc(N)c(Cl)cc1NC(C)=O. The molecule has 4 nitrogen and oxygen atoms in total. The first-order chi connectivity index (χ1) is 10.0. The van der Waals surface area contributed by atoms with E-state index in [1.165, 1.54) is 32.6 Å². The number of nitrogen functional groups attached to an aromatic ring is 1. The molecular weight excluding hydrogens is 288 g/mol. The topological polar surface area (TPSA) is 64.3 Å². The van der Waals surface area contributed by atoms with Gasteiger partial charge < -0.3 is 15.8 Å². The van der Waals surface area contributed by atoms with Gasteiger partial charge in [0.05, 0.1) is 23.0 Å². The number of hydrogen-bond acceptors (Lipinski definition) is 3. The number of rotatable bonds is 9. The van der Waals surface area contributed by atoms with Gasteiger partial charge in [-0.15, -0.1) is 0 Å². The fourth-order valence-electron chi connectivity index (χ4n) is 2.04. The number of benzene rings is 1. The van der Waals surface area contributed by atoms with Crippen LogP contribution in [0.1, 0.15) is 52.4 Å². The maximum absolute atomic E-state index is 11.2. The molecule has 21 heavy (non-hydrogen) atoms. The van der Waals surface area contributed by atoms with Gasteiger partial charge in [0, 0.05) is 13.0 Å². The van der Waals surface area contributed by atoms with Crippen molar-refractivity contribution >= 4 is 28.9 Å². The second-order valence-electron chi connectivity index (χ2n) is 5.17. The average molecular weight is 313 g/mol. The lowest BCUT2D eigenvalue weighted by molar-refractivity contribution is -0.114. The van der Waals surface area contributed by atoms with Crippen LogP contribution in [0.4, 0.5) is 11.4 Å². The third-order valence-corrected chi connectivity index (χ3v) is 3.49. The molecule has 1 amide bonds. The second kappa shape index (κ2) is 9.50. The van der Waals surface area contributed by atoms with Crippen LogP contribution < -0.4 is 15.8 Å². The Morgan fingerprint density at radius 3 is 2.57 bits per heavy atom. The Bertz CT molecular complexity index is 464. The van der Waals surface area contributed by atoms with E-state index in [9.17, 15) is 4.79 Å². The van der Waals surface area contributed by atoms with Crippen molar-refractivity contribution in [3.05, 3.63) is 17.2 Å². The van der Waals surface area contributed by atoms with Crippen LogP contribution >= 0.6 is 11.6 Å². The van der Waals surface area contributed by atoms with Crippen molar-refractivity contribution in [2.24, 2.45) is 0 Å². The highest BCUT2D eigenvalue weighted by atomic mass is 35.5. The lowest BCUT2D eigenvalue weighted by Gasteiger charge is -2.13. The molecule has 0 saturated heterocycles. The number of carbonyl (C=O) groups excluding carboxylic acids is 1. The molecule has 1 aromatic rings. The van der Waals surface area contributed by atoms with Gasteiger partial charge in [0.15, 0.2) is 0 Å².